The first kappa shape index (κ1) is 14.6. The lowest BCUT2D eigenvalue weighted by molar-refractivity contribution is -0.140. The molecule has 6 heteroatoms. The number of rotatable bonds is 0. The van der Waals surface area contributed by atoms with Crippen LogP contribution in [0.1, 0.15) is 19.3 Å². The second-order valence-corrected chi connectivity index (χ2v) is 7.12. The monoisotopic (exact) mass is 294 g/mol. The van der Waals surface area contributed by atoms with Crippen molar-refractivity contribution in [3.8, 4) is 0 Å². The van der Waals surface area contributed by atoms with Gasteiger partial charge < -0.3 is 20.0 Å². The number of nitrogens with one attached hydrogen (secondary N) is 1. The molecule has 0 aromatic carbocycles. The maximum atomic E-state index is 12.9. The van der Waals surface area contributed by atoms with Crippen LogP contribution in [-0.2, 0) is 4.79 Å². The van der Waals surface area contributed by atoms with Crippen LogP contribution in [0.25, 0.3) is 0 Å². The Kier molecular flexibility index (Phi) is 3.39. The van der Waals surface area contributed by atoms with Gasteiger partial charge in [-0.3, -0.25) is 4.79 Å². The van der Waals surface area contributed by atoms with Gasteiger partial charge in [0.2, 0.25) is 5.91 Å². The molecule has 21 heavy (non-hydrogen) atoms. The molecule has 1 atom stereocenters. The summed E-state index contributed by atoms with van der Waals surface area (Å²) >= 11 is 0. The molecule has 1 N–H and O–H groups in total. The number of hydrogen-bond donors (Lipinski definition) is 1. The molecule has 0 aromatic rings. The quantitative estimate of drug-likeness (QED) is 0.694. The number of carbonyl (C=O) groups is 2. The van der Waals surface area contributed by atoms with E-state index in [0.717, 1.165) is 45.4 Å². The van der Waals surface area contributed by atoms with Crippen LogP contribution in [0.3, 0.4) is 0 Å². The summed E-state index contributed by atoms with van der Waals surface area (Å²) in [6.45, 7) is 4.03. The molecule has 3 heterocycles. The molecule has 0 aliphatic carbocycles. The molecular weight excluding hydrogens is 268 g/mol. The average molecular weight is 294 g/mol. The molecule has 3 aliphatic rings. The highest BCUT2D eigenvalue weighted by molar-refractivity contribution is 5.88. The van der Waals surface area contributed by atoms with Gasteiger partial charge in [0, 0.05) is 46.2 Å². The van der Waals surface area contributed by atoms with Crippen molar-refractivity contribution in [2.24, 2.45) is 10.8 Å². The molecule has 3 fully saturated rings. The van der Waals surface area contributed by atoms with Gasteiger partial charge in [0.25, 0.3) is 0 Å². The molecule has 3 saturated heterocycles. The summed E-state index contributed by atoms with van der Waals surface area (Å²) in [5.41, 5.74) is -0.388. The average Bonchev–Trinajstić information content (AvgIpc) is 2.93. The second kappa shape index (κ2) is 4.87. The van der Waals surface area contributed by atoms with E-state index >= 15 is 0 Å². The van der Waals surface area contributed by atoms with Gasteiger partial charge in [-0.2, -0.15) is 0 Å². The first-order chi connectivity index (χ1) is 9.92. The zero-order valence-corrected chi connectivity index (χ0v) is 13.3. The smallest absolute Gasteiger partial charge is 0.319 e. The molecule has 0 unspecified atom stereocenters. The lowest BCUT2D eigenvalue weighted by Gasteiger charge is -2.43. The van der Waals surface area contributed by atoms with Crippen molar-refractivity contribution < 1.29 is 9.59 Å². The van der Waals surface area contributed by atoms with Crippen LogP contribution < -0.4 is 5.32 Å². The molecule has 3 rings (SSSR count). The summed E-state index contributed by atoms with van der Waals surface area (Å²) in [5, 5.41) is 3.40. The summed E-state index contributed by atoms with van der Waals surface area (Å²) < 4.78 is 0. The predicted molar refractivity (Wildman–Crippen MR) is 79.9 cm³/mol. The number of piperidine rings is 1. The van der Waals surface area contributed by atoms with Gasteiger partial charge in [-0.05, 0) is 32.4 Å². The van der Waals surface area contributed by atoms with Gasteiger partial charge in [0.15, 0.2) is 0 Å². The third-order valence-electron chi connectivity index (χ3n) is 5.81. The second-order valence-electron chi connectivity index (χ2n) is 7.12. The number of nitrogens with zero attached hydrogens (tertiary/aromatic N) is 3. The van der Waals surface area contributed by atoms with Crippen molar-refractivity contribution in [3.05, 3.63) is 0 Å². The van der Waals surface area contributed by atoms with E-state index in [2.05, 4.69) is 5.32 Å². The summed E-state index contributed by atoms with van der Waals surface area (Å²) in [6.07, 6.45) is 2.87. The maximum Gasteiger partial charge on any atom is 0.319 e. The highest BCUT2D eigenvalue weighted by atomic mass is 16.2. The molecule has 0 radical (unpaired) electrons. The molecule has 6 nitrogen and oxygen atoms in total. The van der Waals surface area contributed by atoms with Gasteiger partial charge in [0.1, 0.15) is 0 Å². The Morgan fingerprint density at radius 3 is 2.38 bits per heavy atom. The highest BCUT2D eigenvalue weighted by Gasteiger charge is 2.65. The number of fused-ring (bicyclic) bond motifs is 1. The lowest BCUT2D eigenvalue weighted by Crippen LogP contribution is -2.51. The number of hydrogen-bond acceptors (Lipinski definition) is 3. The van der Waals surface area contributed by atoms with Crippen molar-refractivity contribution in [3.63, 3.8) is 0 Å². The Labute approximate surface area is 126 Å². The van der Waals surface area contributed by atoms with Crippen molar-refractivity contribution >= 4 is 11.9 Å². The Morgan fingerprint density at radius 1 is 1.19 bits per heavy atom. The predicted octanol–water partition coefficient (Wildman–Crippen LogP) is 0.202. The maximum absolute atomic E-state index is 12.9. The fourth-order valence-corrected chi connectivity index (χ4v) is 4.60. The van der Waals surface area contributed by atoms with Crippen LogP contribution in [0, 0.1) is 10.8 Å². The minimum absolute atomic E-state index is 0.0344. The topological polar surface area (TPSA) is 55.9 Å². The minimum Gasteiger partial charge on any atom is -0.345 e. The van der Waals surface area contributed by atoms with Gasteiger partial charge in [-0.25, -0.2) is 4.79 Å². The number of urea groups is 1. The van der Waals surface area contributed by atoms with E-state index in [4.69, 9.17) is 0 Å². The standard InChI is InChI=1S/C15H26N4O2/c1-17(2)13(21)19-10-14(4-7-16-8-5-14)15(11-19)6-9-18(3)12(15)20/h16H,4-11H2,1-3H3/t15-/m1/s1. The Bertz CT molecular complexity index is 459. The molecular formula is C15H26N4O2. The Morgan fingerprint density at radius 2 is 1.86 bits per heavy atom. The lowest BCUT2D eigenvalue weighted by atomic mass is 9.60. The van der Waals surface area contributed by atoms with Crippen LogP contribution in [0.15, 0.2) is 0 Å². The van der Waals surface area contributed by atoms with Gasteiger partial charge >= 0.3 is 6.03 Å². The van der Waals surface area contributed by atoms with Crippen LogP contribution in [0.4, 0.5) is 4.79 Å². The molecule has 0 saturated carbocycles. The van der Waals surface area contributed by atoms with E-state index < -0.39 is 0 Å². The Balaban J connectivity index is 1.96. The molecule has 3 aliphatic heterocycles. The van der Waals surface area contributed by atoms with Crippen molar-refractivity contribution in [2.45, 2.75) is 19.3 Å². The summed E-state index contributed by atoms with van der Waals surface area (Å²) in [5.74, 6) is 0.249. The third kappa shape index (κ3) is 1.95. The number of carbonyl (C=O) groups excluding carboxylic acids is 2. The van der Waals surface area contributed by atoms with Gasteiger partial charge in [-0.15, -0.1) is 0 Å². The normalized spacial score (nSPS) is 31.5. The van der Waals surface area contributed by atoms with Crippen LogP contribution in [0.2, 0.25) is 0 Å². The van der Waals surface area contributed by atoms with Crippen LogP contribution in [0.5, 0.6) is 0 Å². The first-order valence-electron chi connectivity index (χ1n) is 7.84. The zero-order chi connectivity index (χ0) is 15.3. The summed E-state index contributed by atoms with van der Waals surface area (Å²) in [6, 6.07) is 0.0344. The summed E-state index contributed by atoms with van der Waals surface area (Å²) in [7, 11) is 5.46. The Hall–Kier alpha value is -1.30. The molecule has 118 valence electrons. The molecule has 2 spiro atoms. The highest BCUT2D eigenvalue weighted by Crippen LogP contribution is 2.57. The van der Waals surface area contributed by atoms with E-state index in [1.54, 1.807) is 19.0 Å². The molecule has 0 aromatic heterocycles. The minimum atomic E-state index is -0.352. The largest absolute Gasteiger partial charge is 0.345 e. The van der Waals surface area contributed by atoms with E-state index in [9.17, 15) is 9.59 Å². The molecule has 3 amide bonds. The fraction of sp³-hybridized carbons (Fsp3) is 0.867. The van der Waals surface area contributed by atoms with E-state index in [-0.39, 0.29) is 22.8 Å². The van der Waals surface area contributed by atoms with E-state index in [0.29, 0.717) is 6.54 Å². The number of amides is 3. The third-order valence-corrected chi connectivity index (χ3v) is 5.81. The van der Waals surface area contributed by atoms with E-state index in [1.807, 2.05) is 16.8 Å². The van der Waals surface area contributed by atoms with Crippen LogP contribution >= 0.6 is 0 Å². The van der Waals surface area contributed by atoms with Crippen LogP contribution in [-0.4, -0.2) is 80.5 Å². The fourth-order valence-electron chi connectivity index (χ4n) is 4.60. The SMILES string of the molecule is CN(C)C(=O)N1CC2(CCNCC2)[C@]2(CCN(C)C2=O)C1. The molecule has 0 bridgehead atoms. The van der Waals surface area contributed by atoms with Crippen molar-refractivity contribution in [1.82, 2.24) is 20.0 Å². The first-order valence-corrected chi connectivity index (χ1v) is 7.84. The zero-order valence-electron chi connectivity index (χ0n) is 13.3. The van der Waals surface area contributed by atoms with Gasteiger partial charge in [0.05, 0.1) is 5.41 Å². The van der Waals surface area contributed by atoms with Gasteiger partial charge in [-0.1, -0.05) is 0 Å². The van der Waals surface area contributed by atoms with E-state index in [1.165, 1.54) is 0 Å². The number of likely N-dealkylation sites (tertiary alicyclic amines) is 2. The summed E-state index contributed by atoms with van der Waals surface area (Å²) in [4.78, 5) is 30.7. The van der Waals surface area contributed by atoms with Crippen molar-refractivity contribution in [2.75, 3.05) is 53.9 Å². The van der Waals surface area contributed by atoms with Crippen molar-refractivity contribution in [1.29, 1.82) is 0 Å².